The maximum Gasteiger partial charge on any atom is 0.274 e. The van der Waals surface area contributed by atoms with Gasteiger partial charge in [0, 0.05) is 26.2 Å². The van der Waals surface area contributed by atoms with Crippen molar-refractivity contribution in [1.29, 1.82) is 0 Å². The zero-order chi connectivity index (χ0) is 14.7. The monoisotopic (exact) mass is 306 g/mol. The van der Waals surface area contributed by atoms with E-state index in [4.69, 9.17) is 16.0 Å². The van der Waals surface area contributed by atoms with E-state index in [9.17, 15) is 4.79 Å². The fourth-order valence-corrected chi connectivity index (χ4v) is 2.42. The zero-order valence-corrected chi connectivity index (χ0v) is 12.2. The Morgan fingerprint density at radius 2 is 2.00 bits per heavy atom. The van der Waals surface area contributed by atoms with Gasteiger partial charge in [-0.1, -0.05) is 11.6 Å². The molecule has 7 heteroatoms. The van der Waals surface area contributed by atoms with Gasteiger partial charge < -0.3 is 9.32 Å². The van der Waals surface area contributed by atoms with Gasteiger partial charge in [-0.3, -0.25) is 9.69 Å². The van der Waals surface area contributed by atoms with Crippen molar-refractivity contribution < 1.29 is 9.21 Å². The third-order valence-electron chi connectivity index (χ3n) is 3.47. The van der Waals surface area contributed by atoms with Gasteiger partial charge >= 0.3 is 0 Å². The van der Waals surface area contributed by atoms with Crippen molar-refractivity contribution in [3.05, 3.63) is 47.1 Å². The lowest BCUT2D eigenvalue weighted by atomic mass is 10.2. The SMILES string of the molecule is O=C(c1ccc(Cl)nn1)N1CCN(Cc2ccco2)CC1. The van der Waals surface area contributed by atoms with E-state index < -0.39 is 0 Å². The Morgan fingerprint density at radius 3 is 2.62 bits per heavy atom. The van der Waals surface area contributed by atoms with Crippen LogP contribution in [0.4, 0.5) is 0 Å². The summed E-state index contributed by atoms with van der Waals surface area (Å²) in [5.74, 6) is 0.843. The Kier molecular flexibility index (Phi) is 4.17. The van der Waals surface area contributed by atoms with E-state index in [-0.39, 0.29) is 11.1 Å². The smallest absolute Gasteiger partial charge is 0.274 e. The van der Waals surface area contributed by atoms with E-state index in [2.05, 4.69) is 15.1 Å². The molecule has 6 nitrogen and oxygen atoms in total. The lowest BCUT2D eigenvalue weighted by Gasteiger charge is -2.33. The maximum atomic E-state index is 12.3. The first-order chi connectivity index (χ1) is 10.2. The average Bonchev–Trinajstić information content (AvgIpc) is 3.01. The van der Waals surface area contributed by atoms with E-state index in [1.54, 1.807) is 23.3 Å². The highest BCUT2D eigenvalue weighted by atomic mass is 35.5. The summed E-state index contributed by atoms with van der Waals surface area (Å²) in [4.78, 5) is 16.3. The number of nitrogens with zero attached hydrogens (tertiary/aromatic N) is 4. The molecule has 2 aromatic rings. The van der Waals surface area contributed by atoms with Crippen molar-refractivity contribution in [2.75, 3.05) is 26.2 Å². The van der Waals surface area contributed by atoms with Crippen molar-refractivity contribution in [1.82, 2.24) is 20.0 Å². The minimum atomic E-state index is -0.100. The number of rotatable bonds is 3. The number of carbonyl (C=O) groups excluding carboxylic acids is 1. The molecule has 110 valence electrons. The van der Waals surface area contributed by atoms with E-state index >= 15 is 0 Å². The highest BCUT2D eigenvalue weighted by Gasteiger charge is 2.23. The zero-order valence-electron chi connectivity index (χ0n) is 11.4. The molecule has 1 aliphatic rings. The highest BCUT2D eigenvalue weighted by Crippen LogP contribution is 2.11. The Morgan fingerprint density at radius 1 is 1.19 bits per heavy atom. The Labute approximate surface area is 127 Å². The normalized spacial score (nSPS) is 16.1. The summed E-state index contributed by atoms with van der Waals surface area (Å²) in [6.07, 6.45) is 1.67. The third kappa shape index (κ3) is 3.40. The minimum absolute atomic E-state index is 0.100. The summed E-state index contributed by atoms with van der Waals surface area (Å²) >= 11 is 5.67. The molecular formula is C14H15ClN4O2. The van der Waals surface area contributed by atoms with Crippen LogP contribution in [-0.2, 0) is 6.54 Å². The van der Waals surface area contributed by atoms with Crippen LogP contribution in [0.15, 0.2) is 34.9 Å². The van der Waals surface area contributed by atoms with Gasteiger partial charge in [-0.05, 0) is 24.3 Å². The van der Waals surface area contributed by atoms with Gasteiger partial charge in [-0.25, -0.2) is 0 Å². The number of hydrogen-bond donors (Lipinski definition) is 0. The van der Waals surface area contributed by atoms with Crippen LogP contribution in [0.3, 0.4) is 0 Å². The van der Waals surface area contributed by atoms with E-state index in [0.717, 1.165) is 25.4 Å². The second-order valence-corrected chi connectivity index (χ2v) is 5.28. The summed E-state index contributed by atoms with van der Waals surface area (Å²) in [5, 5.41) is 7.82. The van der Waals surface area contributed by atoms with E-state index in [1.165, 1.54) is 0 Å². The van der Waals surface area contributed by atoms with Crippen molar-refractivity contribution >= 4 is 17.5 Å². The molecule has 0 spiro atoms. The summed E-state index contributed by atoms with van der Waals surface area (Å²) in [6.45, 7) is 3.74. The summed E-state index contributed by atoms with van der Waals surface area (Å²) < 4.78 is 5.34. The molecule has 0 atom stereocenters. The average molecular weight is 307 g/mol. The fraction of sp³-hybridized carbons (Fsp3) is 0.357. The lowest BCUT2D eigenvalue weighted by Crippen LogP contribution is -2.48. The van der Waals surface area contributed by atoms with Crippen LogP contribution in [0.5, 0.6) is 0 Å². The molecule has 3 rings (SSSR count). The van der Waals surface area contributed by atoms with Gasteiger partial charge in [0.05, 0.1) is 12.8 Å². The van der Waals surface area contributed by atoms with Gasteiger partial charge in [0.2, 0.25) is 0 Å². The second kappa shape index (κ2) is 6.24. The number of aromatic nitrogens is 2. The molecule has 21 heavy (non-hydrogen) atoms. The maximum absolute atomic E-state index is 12.3. The summed E-state index contributed by atoms with van der Waals surface area (Å²) in [5.41, 5.74) is 0.332. The fourth-order valence-electron chi connectivity index (χ4n) is 2.32. The predicted octanol–water partition coefficient (Wildman–Crippen LogP) is 1.68. The Balaban J connectivity index is 1.55. The van der Waals surface area contributed by atoms with Gasteiger partial charge in [-0.2, -0.15) is 0 Å². The molecule has 0 unspecified atom stereocenters. The molecular weight excluding hydrogens is 292 g/mol. The van der Waals surface area contributed by atoms with Gasteiger partial charge in [0.15, 0.2) is 10.8 Å². The quantitative estimate of drug-likeness (QED) is 0.863. The number of carbonyl (C=O) groups is 1. The Hall–Kier alpha value is -1.92. The molecule has 0 bridgehead atoms. The number of halogens is 1. The van der Waals surface area contributed by atoms with Crippen LogP contribution < -0.4 is 0 Å². The molecule has 0 radical (unpaired) electrons. The van der Waals surface area contributed by atoms with Crippen molar-refractivity contribution in [2.24, 2.45) is 0 Å². The molecule has 2 aromatic heterocycles. The van der Waals surface area contributed by atoms with Crippen LogP contribution in [0.25, 0.3) is 0 Å². The highest BCUT2D eigenvalue weighted by molar-refractivity contribution is 6.29. The van der Waals surface area contributed by atoms with Crippen molar-refractivity contribution in [2.45, 2.75) is 6.54 Å². The first-order valence-corrected chi connectivity index (χ1v) is 7.13. The molecule has 3 heterocycles. The largest absolute Gasteiger partial charge is 0.468 e. The molecule has 0 N–H and O–H groups in total. The first kappa shape index (κ1) is 14.0. The van der Waals surface area contributed by atoms with Gasteiger partial charge in [-0.15, -0.1) is 10.2 Å². The molecule has 1 saturated heterocycles. The number of piperazine rings is 1. The molecule has 0 saturated carbocycles. The molecule has 1 amide bonds. The molecule has 0 aromatic carbocycles. The predicted molar refractivity (Wildman–Crippen MR) is 76.9 cm³/mol. The van der Waals surface area contributed by atoms with Crippen molar-refractivity contribution in [3.63, 3.8) is 0 Å². The number of hydrogen-bond acceptors (Lipinski definition) is 5. The van der Waals surface area contributed by atoms with Gasteiger partial charge in [0.1, 0.15) is 5.76 Å². The topological polar surface area (TPSA) is 62.5 Å². The minimum Gasteiger partial charge on any atom is -0.468 e. The number of amides is 1. The molecule has 1 fully saturated rings. The first-order valence-electron chi connectivity index (χ1n) is 6.75. The molecule has 0 aliphatic carbocycles. The standard InChI is InChI=1S/C14H15ClN4O2/c15-13-4-3-12(16-17-13)14(20)19-7-5-18(6-8-19)10-11-2-1-9-21-11/h1-4,9H,5-8,10H2. The van der Waals surface area contributed by atoms with E-state index in [0.29, 0.717) is 18.8 Å². The summed E-state index contributed by atoms with van der Waals surface area (Å²) in [7, 11) is 0. The summed E-state index contributed by atoms with van der Waals surface area (Å²) in [6, 6.07) is 7.02. The van der Waals surface area contributed by atoms with Gasteiger partial charge in [0.25, 0.3) is 5.91 Å². The van der Waals surface area contributed by atoms with Crippen molar-refractivity contribution in [3.8, 4) is 0 Å². The molecule has 1 aliphatic heterocycles. The number of furan rings is 1. The van der Waals surface area contributed by atoms with Crippen LogP contribution in [0.1, 0.15) is 16.2 Å². The van der Waals surface area contributed by atoms with Crippen LogP contribution in [0.2, 0.25) is 5.15 Å². The lowest BCUT2D eigenvalue weighted by molar-refractivity contribution is 0.0613. The van der Waals surface area contributed by atoms with Crippen LogP contribution in [0, 0.1) is 0 Å². The Bertz CT molecular complexity index is 592. The second-order valence-electron chi connectivity index (χ2n) is 4.89. The third-order valence-corrected chi connectivity index (χ3v) is 3.67. The van der Waals surface area contributed by atoms with E-state index in [1.807, 2.05) is 12.1 Å². The van der Waals surface area contributed by atoms with Crippen LogP contribution in [-0.4, -0.2) is 52.1 Å². The van der Waals surface area contributed by atoms with Crippen LogP contribution >= 0.6 is 11.6 Å².